The van der Waals surface area contributed by atoms with Gasteiger partial charge >= 0.3 is 0 Å². The molecule has 142 valence electrons. The fraction of sp³-hybridized carbons (Fsp3) is 0.292. The van der Waals surface area contributed by atoms with Crippen molar-refractivity contribution in [2.45, 2.75) is 33.6 Å². The Morgan fingerprint density at radius 2 is 1.89 bits per heavy atom. The average Bonchev–Trinajstić information content (AvgIpc) is 3.30. The first-order valence-corrected chi connectivity index (χ1v) is 9.78. The molecule has 0 bridgehead atoms. The summed E-state index contributed by atoms with van der Waals surface area (Å²) in [5.41, 5.74) is 7.24. The Bertz CT molecular complexity index is 972. The van der Waals surface area contributed by atoms with Crippen LogP contribution in [0.15, 0.2) is 64.0 Å². The van der Waals surface area contributed by atoms with Crippen LogP contribution in [0.5, 0.6) is 0 Å². The van der Waals surface area contributed by atoms with Crippen LogP contribution >= 0.6 is 0 Å². The van der Waals surface area contributed by atoms with Crippen LogP contribution in [0.1, 0.15) is 42.6 Å². The molecule has 0 aromatic heterocycles. The van der Waals surface area contributed by atoms with Gasteiger partial charge in [0.1, 0.15) is 0 Å². The summed E-state index contributed by atoms with van der Waals surface area (Å²) < 4.78 is 0. The van der Waals surface area contributed by atoms with Crippen LogP contribution in [0, 0.1) is 19.4 Å². The van der Waals surface area contributed by atoms with Crippen LogP contribution in [-0.2, 0) is 0 Å². The highest BCUT2D eigenvalue weighted by atomic mass is 16.2. The maximum Gasteiger partial charge on any atom is 0.256 e. The first-order valence-electron chi connectivity index (χ1n) is 9.78. The minimum Gasteiger partial charge on any atom is -0.357 e. The number of nitrogens with one attached hydrogen (secondary N) is 1. The van der Waals surface area contributed by atoms with Crippen molar-refractivity contribution in [3.63, 3.8) is 0 Å². The highest BCUT2D eigenvalue weighted by Crippen LogP contribution is 2.33. The summed E-state index contributed by atoms with van der Waals surface area (Å²) in [6.45, 7) is 14.1. The van der Waals surface area contributed by atoms with Crippen LogP contribution < -0.4 is 5.32 Å². The zero-order chi connectivity index (χ0) is 19.8. The molecule has 1 fully saturated rings. The van der Waals surface area contributed by atoms with Crippen molar-refractivity contribution >= 4 is 17.3 Å². The number of aliphatic imine (C=N–C) groups is 1. The second kappa shape index (κ2) is 7.27. The number of benzene rings is 1. The number of rotatable bonds is 4. The zero-order valence-electron chi connectivity index (χ0n) is 16.7. The lowest BCUT2D eigenvalue weighted by Crippen LogP contribution is -2.29. The van der Waals surface area contributed by atoms with Gasteiger partial charge in [-0.3, -0.25) is 9.79 Å². The molecule has 2 radical (unpaired) electrons. The molecule has 28 heavy (non-hydrogen) atoms. The van der Waals surface area contributed by atoms with Crippen LogP contribution in [0.3, 0.4) is 0 Å². The third-order valence-electron chi connectivity index (χ3n) is 5.69. The van der Waals surface area contributed by atoms with Gasteiger partial charge in [0, 0.05) is 30.1 Å². The van der Waals surface area contributed by atoms with Gasteiger partial charge < -0.3 is 10.2 Å². The van der Waals surface area contributed by atoms with Gasteiger partial charge in [0.05, 0.1) is 22.9 Å². The standard InChI is InChI=1S/C24H25N3O/c1-15-8-7-9-22(23(15)24(28)27-12-5-6-13-27)26-18(4)19-10-11-21-20(14-19)16(2)17(3)25-21/h4,7-11,14,26H,5-6,12-13H2,1-3H3. The van der Waals surface area contributed by atoms with Crippen molar-refractivity contribution in [1.29, 1.82) is 0 Å². The number of carbonyl (C=O) groups excluding carboxylic acids is 1. The number of carbonyl (C=O) groups is 1. The van der Waals surface area contributed by atoms with Crippen LogP contribution in [0.25, 0.3) is 0 Å². The number of fused-ring (bicyclic) bond motifs is 1. The Labute approximate surface area is 167 Å². The first-order chi connectivity index (χ1) is 13.5. The van der Waals surface area contributed by atoms with E-state index in [1.54, 1.807) is 0 Å². The maximum atomic E-state index is 13.1. The Kier molecular flexibility index (Phi) is 4.80. The highest BCUT2D eigenvalue weighted by molar-refractivity contribution is 6.15. The number of likely N-dealkylation sites (tertiary alicyclic amines) is 1. The van der Waals surface area contributed by atoms with E-state index >= 15 is 0 Å². The third kappa shape index (κ3) is 3.24. The molecule has 0 saturated carbocycles. The third-order valence-corrected chi connectivity index (χ3v) is 5.69. The summed E-state index contributed by atoms with van der Waals surface area (Å²) in [7, 11) is 0. The predicted octanol–water partition coefficient (Wildman–Crippen LogP) is 4.78. The maximum absolute atomic E-state index is 13.1. The molecule has 4 nitrogen and oxygen atoms in total. The molecule has 4 rings (SSSR count). The minimum absolute atomic E-state index is 0.0769. The normalized spacial score (nSPS) is 18.9. The number of amides is 1. The minimum atomic E-state index is 0.0769. The van der Waals surface area contributed by atoms with E-state index in [0.717, 1.165) is 60.1 Å². The highest BCUT2D eigenvalue weighted by Gasteiger charge is 2.26. The molecule has 1 aromatic carbocycles. The largest absolute Gasteiger partial charge is 0.357 e. The first kappa shape index (κ1) is 18.5. The summed E-state index contributed by atoms with van der Waals surface area (Å²) in [6, 6.07) is 5.84. The quantitative estimate of drug-likeness (QED) is 0.828. The van der Waals surface area contributed by atoms with Crippen molar-refractivity contribution < 1.29 is 4.79 Å². The Hall–Kier alpha value is -2.88. The van der Waals surface area contributed by atoms with E-state index in [1.165, 1.54) is 5.57 Å². The number of nitrogens with zero attached hydrogens (tertiary/aromatic N) is 2. The molecule has 1 aliphatic carbocycles. The molecular weight excluding hydrogens is 346 g/mol. The second-order valence-electron chi connectivity index (χ2n) is 7.59. The van der Waals surface area contributed by atoms with Crippen LogP contribution in [-0.4, -0.2) is 29.6 Å². The Morgan fingerprint density at radius 1 is 1.14 bits per heavy atom. The van der Waals surface area contributed by atoms with E-state index in [1.807, 2.05) is 49.1 Å². The monoisotopic (exact) mass is 371 g/mol. The van der Waals surface area contributed by atoms with E-state index in [4.69, 9.17) is 6.58 Å². The molecular formula is C24H25N3O. The summed E-state index contributed by atoms with van der Waals surface area (Å²) in [4.78, 5) is 19.6. The number of allylic oxidation sites excluding steroid dienone is 5. The number of hydrogen-bond donors (Lipinski definition) is 1. The number of hydrogen-bond acceptors (Lipinski definition) is 3. The van der Waals surface area contributed by atoms with Gasteiger partial charge in [0.2, 0.25) is 0 Å². The molecule has 4 heteroatoms. The van der Waals surface area contributed by atoms with Crippen molar-refractivity contribution in [3.8, 4) is 0 Å². The van der Waals surface area contributed by atoms with Gasteiger partial charge in [-0.2, -0.15) is 0 Å². The number of aryl methyl sites for hydroxylation is 1. The van der Waals surface area contributed by atoms with Crippen LogP contribution in [0.2, 0.25) is 0 Å². The van der Waals surface area contributed by atoms with Crippen molar-refractivity contribution in [2.24, 2.45) is 4.99 Å². The lowest BCUT2D eigenvalue weighted by molar-refractivity contribution is 0.0793. The second-order valence-corrected chi connectivity index (χ2v) is 7.59. The molecule has 3 aliphatic rings. The summed E-state index contributed by atoms with van der Waals surface area (Å²) in [5, 5.41) is 3.29. The lowest BCUT2D eigenvalue weighted by Gasteiger charge is -2.23. The van der Waals surface area contributed by atoms with E-state index in [0.29, 0.717) is 11.3 Å². The van der Waals surface area contributed by atoms with Gasteiger partial charge in [-0.15, -0.1) is 0 Å². The lowest BCUT2D eigenvalue weighted by atomic mass is 9.90. The fourth-order valence-electron chi connectivity index (χ4n) is 3.91. The predicted molar refractivity (Wildman–Crippen MR) is 114 cm³/mol. The summed E-state index contributed by atoms with van der Waals surface area (Å²) in [5.74, 6) is 0.970. The summed E-state index contributed by atoms with van der Waals surface area (Å²) >= 11 is 0. The fourth-order valence-corrected chi connectivity index (χ4v) is 3.91. The zero-order valence-corrected chi connectivity index (χ0v) is 16.7. The van der Waals surface area contributed by atoms with Gasteiger partial charge in [-0.1, -0.05) is 24.3 Å². The van der Waals surface area contributed by atoms with Crippen molar-refractivity contribution in [2.75, 3.05) is 18.4 Å². The molecule has 0 atom stereocenters. The van der Waals surface area contributed by atoms with E-state index in [2.05, 4.69) is 23.3 Å². The smallest absolute Gasteiger partial charge is 0.256 e. The van der Waals surface area contributed by atoms with Crippen molar-refractivity contribution in [1.82, 2.24) is 4.90 Å². The van der Waals surface area contributed by atoms with Crippen molar-refractivity contribution in [3.05, 3.63) is 82.6 Å². The Morgan fingerprint density at radius 3 is 2.64 bits per heavy atom. The molecule has 2 aliphatic heterocycles. The molecule has 1 saturated heterocycles. The molecule has 0 unspecified atom stereocenters. The summed E-state index contributed by atoms with van der Waals surface area (Å²) in [6.07, 6.45) is 8.16. The SMILES string of the molecule is [CH]=C(Nc1cccc(C)c1C(=O)N1CCCC1)[C]1C=CC2=NC(C)=C(C)C2=C1. The Balaban J connectivity index is 1.58. The van der Waals surface area contributed by atoms with E-state index in [-0.39, 0.29) is 5.91 Å². The van der Waals surface area contributed by atoms with Gasteiger partial charge in [0.15, 0.2) is 0 Å². The van der Waals surface area contributed by atoms with Gasteiger partial charge in [-0.05, 0) is 63.5 Å². The molecule has 0 spiro atoms. The van der Waals surface area contributed by atoms with Gasteiger partial charge in [-0.25, -0.2) is 0 Å². The van der Waals surface area contributed by atoms with Gasteiger partial charge in [0.25, 0.3) is 5.91 Å². The molecule has 1 N–H and O–H groups in total. The topological polar surface area (TPSA) is 44.7 Å². The molecule has 2 heterocycles. The molecule has 1 amide bonds. The van der Waals surface area contributed by atoms with E-state index < -0.39 is 0 Å². The van der Waals surface area contributed by atoms with E-state index in [9.17, 15) is 4.79 Å². The average molecular weight is 371 g/mol. The number of anilines is 1. The molecule has 1 aromatic rings. The van der Waals surface area contributed by atoms with Crippen LogP contribution in [0.4, 0.5) is 5.69 Å².